The van der Waals surface area contributed by atoms with Crippen molar-refractivity contribution in [2.75, 3.05) is 9.80 Å². The van der Waals surface area contributed by atoms with Gasteiger partial charge in [-0.25, -0.2) is 9.80 Å². The molecule has 4 amide bonds. The van der Waals surface area contributed by atoms with Crippen LogP contribution >= 0.6 is 0 Å². The van der Waals surface area contributed by atoms with Gasteiger partial charge in [-0.15, -0.1) is 0 Å². The molecule has 2 fully saturated rings. The molecule has 0 spiro atoms. The number of nitrogens with zero attached hydrogens (tertiary/aromatic N) is 2. The summed E-state index contributed by atoms with van der Waals surface area (Å²) in [4.78, 5) is 53.2. The van der Waals surface area contributed by atoms with Gasteiger partial charge in [0.05, 0.1) is 24.2 Å². The van der Waals surface area contributed by atoms with E-state index in [1.807, 2.05) is 39.8 Å². The van der Waals surface area contributed by atoms with Crippen LogP contribution in [0.15, 0.2) is 48.6 Å². The molecule has 4 rings (SSSR count). The number of hydrogen-bond donors (Lipinski definition) is 0. The Morgan fingerprint density at radius 2 is 1.05 bits per heavy atom. The highest BCUT2D eigenvalue weighted by Crippen LogP contribution is 2.41. The minimum atomic E-state index is -0.425. The highest BCUT2D eigenvalue weighted by Gasteiger charge is 2.38. The Balaban J connectivity index is 1.82. The Hall–Kier alpha value is -3.80. The average Bonchev–Trinajstić information content (AvgIpc) is 3.24. The van der Waals surface area contributed by atoms with Crippen molar-refractivity contribution in [3.63, 3.8) is 0 Å². The lowest BCUT2D eigenvalue weighted by molar-refractivity contribution is -0.122. The van der Waals surface area contributed by atoms with Crippen LogP contribution in [-0.4, -0.2) is 23.6 Å². The minimum Gasteiger partial charge on any atom is -0.274 e. The zero-order valence-electron chi connectivity index (χ0n) is 22.6. The molecule has 6 heteroatoms. The number of carbonyl (C=O) groups is 4. The van der Waals surface area contributed by atoms with Gasteiger partial charge in [-0.3, -0.25) is 19.2 Å². The largest absolute Gasteiger partial charge is 0.274 e. The van der Waals surface area contributed by atoms with E-state index in [0.717, 1.165) is 33.4 Å². The van der Waals surface area contributed by atoms with Gasteiger partial charge < -0.3 is 0 Å². The van der Waals surface area contributed by atoms with Crippen LogP contribution in [0.1, 0.15) is 73.9 Å². The zero-order chi connectivity index (χ0) is 27.4. The fraction of sp³-hybridized carbons (Fsp3) is 0.355. The van der Waals surface area contributed by atoms with E-state index in [2.05, 4.69) is 39.1 Å². The Bertz CT molecular complexity index is 1310. The van der Waals surface area contributed by atoms with E-state index < -0.39 is 5.41 Å². The first-order valence-corrected chi connectivity index (χ1v) is 12.7. The number of hydrogen-bond acceptors (Lipinski definition) is 4. The molecule has 2 saturated heterocycles. The fourth-order valence-corrected chi connectivity index (χ4v) is 5.44. The SMILES string of the molecule is C=C1CC(=O)N(c2c(C)cc(C(C)(C)c3cc(C)c(N4C(=O)CC(=C)C4=O)c(CC)c3)cc2CC)C1=O. The Morgan fingerprint density at radius 3 is 1.32 bits per heavy atom. The maximum atomic E-state index is 12.7. The van der Waals surface area contributed by atoms with Crippen LogP contribution in [0.3, 0.4) is 0 Å². The van der Waals surface area contributed by atoms with E-state index >= 15 is 0 Å². The molecule has 0 saturated carbocycles. The van der Waals surface area contributed by atoms with Crippen LogP contribution in [0.25, 0.3) is 0 Å². The van der Waals surface area contributed by atoms with Gasteiger partial charge >= 0.3 is 0 Å². The van der Waals surface area contributed by atoms with Crippen molar-refractivity contribution in [3.05, 3.63) is 82.0 Å². The summed E-state index contributed by atoms with van der Waals surface area (Å²) in [6.07, 6.45) is 1.42. The van der Waals surface area contributed by atoms with Crippen molar-refractivity contribution in [2.45, 2.75) is 72.6 Å². The lowest BCUT2D eigenvalue weighted by Crippen LogP contribution is -2.32. The molecular formula is C31H34N2O4. The summed E-state index contributed by atoms with van der Waals surface area (Å²) in [5.41, 5.74) is 7.19. The van der Waals surface area contributed by atoms with Crippen LogP contribution < -0.4 is 9.80 Å². The molecule has 0 N–H and O–H groups in total. The van der Waals surface area contributed by atoms with E-state index in [1.54, 1.807) is 0 Å². The summed E-state index contributed by atoms with van der Waals surface area (Å²) in [6, 6.07) is 8.25. The first-order valence-electron chi connectivity index (χ1n) is 12.7. The molecule has 0 bridgehead atoms. The molecule has 2 aromatic rings. The van der Waals surface area contributed by atoms with E-state index in [9.17, 15) is 19.2 Å². The molecule has 6 nitrogen and oxygen atoms in total. The topological polar surface area (TPSA) is 74.8 Å². The van der Waals surface area contributed by atoms with Crippen LogP contribution in [0.4, 0.5) is 11.4 Å². The monoisotopic (exact) mass is 498 g/mol. The maximum Gasteiger partial charge on any atom is 0.260 e. The lowest BCUT2D eigenvalue weighted by Gasteiger charge is -2.31. The van der Waals surface area contributed by atoms with Gasteiger partial charge in [-0.2, -0.15) is 0 Å². The van der Waals surface area contributed by atoms with E-state index in [4.69, 9.17) is 0 Å². The number of benzene rings is 2. The van der Waals surface area contributed by atoms with Crippen LogP contribution in [0, 0.1) is 13.8 Å². The van der Waals surface area contributed by atoms with E-state index in [0.29, 0.717) is 35.4 Å². The molecule has 2 heterocycles. The molecule has 0 aromatic heterocycles. The van der Waals surface area contributed by atoms with Crippen molar-refractivity contribution in [1.29, 1.82) is 0 Å². The van der Waals surface area contributed by atoms with Crippen molar-refractivity contribution in [2.24, 2.45) is 0 Å². The lowest BCUT2D eigenvalue weighted by atomic mass is 9.75. The predicted molar refractivity (Wildman–Crippen MR) is 146 cm³/mol. The molecule has 37 heavy (non-hydrogen) atoms. The molecule has 2 aromatic carbocycles. The molecule has 0 atom stereocenters. The Kier molecular flexibility index (Phi) is 6.57. The predicted octanol–water partition coefficient (Wildman–Crippen LogP) is 5.39. The van der Waals surface area contributed by atoms with Gasteiger partial charge in [0.25, 0.3) is 11.8 Å². The molecular weight excluding hydrogens is 464 g/mol. The van der Waals surface area contributed by atoms with E-state index in [-0.39, 0.29) is 36.5 Å². The zero-order valence-corrected chi connectivity index (χ0v) is 22.6. The van der Waals surface area contributed by atoms with Crippen molar-refractivity contribution in [3.8, 4) is 0 Å². The van der Waals surface area contributed by atoms with Crippen LogP contribution in [-0.2, 0) is 37.4 Å². The number of aryl methyl sites for hydroxylation is 4. The summed E-state index contributed by atoms with van der Waals surface area (Å²) < 4.78 is 0. The van der Waals surface area contributed by atoms with Gasteiger partial charge in [0.1, 0.15) is 0 Å². The van der Waals surface area contributed by atoms with Gasteiger partial charge in [-0.1, -0.05) is 65.1 Å². The number of anilines is 2. The molecule has 0 aliphatic carbocycles. The molecule has 2 aliphatic heterocycles. The number of rotatable bonds is 6. The second kappa shape index (κ2) is 9.25. The van der Waals surface area contributed by atoms with Crippen LogP contribution in [0.5, 0.6) is 0 Å². The van der Waals surface area contributed by atoms with Gasteiger partial charge in [0.15, 0.2) is 0 Å². The third kappa shape index (κ3) is 4.14. The minimum absolute atomic E-state index is 0.0511. The number of amides is 4. The highest BCUT2D eigenvalue weighted by atomic mass is 16.2. The second-order valence-corrected chi connectivity index (χ2v) is 10.6. The number of imide groups is 2. The van der Waals surface area contributed by atoms with Crippen molar-refractivity contribution >= 4 is 35.0 Å². The number of carbonyl (C=O) groups excluding carboxylic acids is 4. The van der Waals surface area contributed by atoms with E-state index in [1.165, 1.54) is 9.80 Å². The summed E-state index contributed by atoms with van der Waals surface area (Å²) in [5.74, 6) is -1.15. The van der Waals surface area contributed by atoms with Crippen LogP contribution in [0.2, 0.25) is 0 Å². The third-order valence-electron chi connectivity index (χ3n) is 7.65. The standard InChI is InChI=1S/C31H34N2O4/c1-9-21-15-23(11-17(3)27(21)32-25(34)13-19(5)29(32)36)31(7,8)24-12-18(4)28(22(10-2)16-24)33-26(35)14-20(6)30(33)37/h11-12,15-16H,5-6,9-10,13-14H2,1-4,7-8H3. The summed E-state index contributed by atoms with van der Waals surface area (Å²) in [7, 11) is 0. The molecule has 0 unspecified atom stereocenters. The second-order valence-electron chi connectivity index (χ2n) is 10.6. The normalized spacial score (nSPS) is 16.6. The fourth-order valence-electron chi connectivity index (χ4n) is 5.44. The molecule has 0 radical (unpaired) electrons. The van der Waals surface area contributed by atoms with Gasteiger partial charge in [0, 0.05) is 16.6 Å². The smallest absolute Gasteiger partial charge is 0.260 e. The summed E-state index contributed by atoms with van der Waals surface area (Å²) in [5, 5.41) is 0. The molecule has 192 valence electrons. The van der Waals surface area contributed by atoms with Crippen molar-refractivity contribution in [1.82, 2.24) is 0 Å². The highest BCUT2D eigenvalue weighted by molar-refractivity contribution is 6.29. The first-order chi connectivity index (χ1) is 17.3. The first kappa shape index (κ1) is 26.3. The van der Waals surface area contributed by atoms with Gasteiger partial charge in [-0.05, 0) is 60.1 Å². The van der Waals surface area contributed by atoms with Crippen molar-refractivity contribution < 1.29 is 19.2 Å². The summed E-state index contributed by atoms with van der Waals surface area (Å²) >= 11 is 0. The van der Waals surface area contributed by atoms with Gasteiger partial charge in [0.2, 0.25) is 11.8 Å². The third-order valence-corrected chi connectivity index (χ3v) is 7.65. The summed E-state index contributed by atoms with van der Waals surface area (Å²) in [6.45, 7) is 19.7. The molecule has 2 aliphatic rings. The average molecular weight is 499 g/mol. The Morgan fingerprint density at radius 1 is 0.703 bits per heavy atom. The maximum absolute atomic E-state index is 12.7. The Labute approximate surface area is 218 Å². The quantitative estimate of drug-likeness (QED) is 0.395.